The molecule has 1 fully saturated rings. The molecule has 128 valence electrons. The Labute approximate surface area is 165 Å². The van der Waals surface area contributed by atoms with Crippen molar-refractivity contribution in [2.75, 3.05) is 12.0 Å². The lowest BCUT2D eigenvalue weighted by atomic mass is 10.1. The zero-order valence-electron chi connectivity index (χ0n) is 13.9. The molecule has 0 spiro atoms. The number of hydrogen-bond donors (Lipinski definition) is 1. The molecule has 1 heterocycles. The summed E-state index contributed by atoms with van der Waals surface area (Å²) in [6.07, 6.45) is 1.88. The number of halogens is 1. The molecule has 2 aromatic rings. The van der Waals surface area contributed by atoms with Gasteiger partial charge >= 0.3 is 0 Å². The van der Waals surface area contributed by atoms with E-state index >= 15 is 0 Å². The van der Waals surface area contributed by atoms with Gasteiger partial charge in [0, 0.05) is 10.2 Å². The maximum atomic E-state index is 12.7. The molecule has 6 heteroatoms. The first-order valence-electron chi connectivity index (χ1n) is 7.76. The van der Waals surface area contributed by atoms with Crippen molar-refractivity contribution in [2.45, 2.75) is 13.8 Å². The highest BCUT2D eigenvalue weighted by Crippen LogP contribution is 2.32. The third kappa shape index (κ3) is 4.32. The molecule has 0 saturated carbocycles. The lowest BCUT2D eigenvalue weighted by Gasteiger charge is -2.17. The topological polar surface area (TPSA) is 32.3 Å². The second-order valence-corrected chi connectivity index (χ2v) is 8.41. The van der Waals surface area contributed by atoms with Gasteiger partial charge in [-0.15, -0.1) is 0 Å². The minimum Gasteiger partial charge on any atom is -0.367 e. The highest BCUT2D eigenvalue weighted by atomic mass is 79.9. The Morgan fingerprint density at radius 1 is 1.24 bits per heavy atom. The minimum absolute atomic E-state index is 0.0627. The number of carbonyl (C=O) groups is 1. The molecule has 0 atom stereocenters. The molecule has 25 heavy (non-hydrogen) atoms. The van der Waals surface area contributed by atoms with Gasteiger partial charge in [-0.1, -0.05) is 69.7 Å². The van der Waals surface area contributed by atoms with Crippen molar-refractivity contribution in [2.24, 2.45) is 0 Å². The van der Waals surface area contributed by atoms with Gasteiger partial charge in [-0.05, 0) is 49.2 Å². The van der Waals surface area contributed by atoms with Gasteiger partial charge in [-0.3, -0.25) is 9.69 Å². The third-order valence-electron chi connectivity index (χ3n) is 3.83. The molecule has 1 saturated heterocycles. The summed E-state index contributed by atoms with van der Waals surface area (Å²) < 4.78 is 1.55. The summed E-state index contributed by atoms with van der Waals surface area (Å²) in [5.41, 5.74) is 4.34. The van der Waals surface area contributed by atoms with E-state index in [1.807, 2.05) is 49.4 Å². The molecule has 3 nitrogen and oxygen atoms in total. The van der Waals surface area contributed by atoms with Crippen LogP contribution in [-0.2, 0) is 4.79 Å². The lowest BCUT2D eigenvalue weighted by Crippen LogP contribution is -2.33. The average Bonchev–Trinajstić information content (AvgIpc) is 2.81. The summed E-state index contributed by atoms with van der Waals surface area (Å²) in [6.45, 7) is 4.47. The van der Waals surface area contributed by atoms with Crippen molar-refractivity contribution >= 4 is 61.9 Å². The van der Waals surface area contributed by atoms with E-state index in [4.69, 9.17) is 12.2 Å². The summed E-state index contributed by atoms with van der Waals surface area (Å²) in [4.78, 5) is 14.9. The molecule has 2 aromatic carbocycles. The Morgan fingerprint density at radius 2 is 2.04 bits per heavy atom. The van der Waals surface area contributed by atoms with Gasteiger partial charge in [0.15, 0.2) is 0 Å². The number of thioether (sulfide) groups is 1. The highest BCUT2D eigenvalue weighted by Gasteiger charge is 2.31. The average molecular weight is 433 g/mol. The number of carbonyl (C=O) groups excluding carboxylic acids is 1. The zero-order valence-corrected chi connectivity index (χ0v) is 17.1. The number of nitrogens with zero attached hydrogens (tertiary/aromatic N) is 1. The van der Waals surface area contributed by atoms with Crippen molar-refractivity contribution < 1.29 is 4.79 Å². The molecular formula is C19H17BrN2OS2. The molecule has 3 rings (SSSR count). The molecule has 1 amide bonds. The first-order chi connectivity index (χ1) is 11.9. The van der Waals surface area contributed by atoms with Gasteiger partial charge in [-0.25, -0.2) is 0 Å². The molecule has 0 aromatic heterocycles. The zero-order chi connectivity index (χ0) is 18.0. The van der Waals surface area contributed by atoms with Gasteiger partial charge < -0.3 is 5.32 Å². The van der Waals surface area contributed by atoms with Crippen LogP contribution in [0.25, 0.3) is 6.08 Å². The number of rotatable bonds is 4. The maximum absolute atomic E-state index is 12.7. The van der Waals surface area contributed by atoms with E-state index < -0.39 is 0 Å². The summed E-state index contributed by atoms with van der Waals surface area (Å²) >= 11 is 10.2. The second kappa shape index (κ2) is 7.72. The molecule has 1 N–H and O–H groups in total. The Bertz CT molecular complexity index is 879. The van der Waals surface area contributed by atoms with Crippen LogP contribution < -0.4 is 5.32 Å². The van der Waals surface area contributed by atoms with Crippen LogP contribution in [0.3, 0.4) is 0 Å². The first kappa shape index (κ1) is 18.2. The quantitative estimate of drug-likeness (QED) is 0.522. The van der Waals surface area contributed by atoms with Crippen LogP contribution in [0.2, 0.25) is 0 Å². The number of nitrogens with one attached hydrogen (secondary N) is 1. The van der Waals surface area contributed by atoms with Gasteiger partial charge in [0.25, 0.3) is 5.91 Å². The first-order valence-corrected chi connectivity index (χ1v) is 9.78. The molecule has 1 aliphatic rings. The number of thiocarbonyl (C=S) groups is 1. The molecule has 0 aliphatic carbocycles. The van der Waals surface area contributed by atoms with E-state index in [-0.39, 0.29) is 5.91 Å². The summed E-state index contributed by atoms with van der Waals surface area (Å²) in [6, 6.07) is 14.0. The smallest absolute Gasteiger partial charge is 0.267 e. The summed E-state index contributed by atoms with van der Waals surface area (Å²) in [5, 5.41) is 3.31. The van der Waals surface area contributed by atoms with Crippen LogP contribution in [0.1, 0.15) is 16.7 Å². The van der Waals surface area contributed by atoms with Crippen LogP contribution in [0.5, 0.6) is 0 Å². The predicted octanol–water partition coefficient (Wildman–Crippen LogP) is 5.34. The molecular weight excluding hydrogens is 416 g/mol. The van der Waals surface area contributed by atoms with Gasteiger partial charge in [-0.2, -0.15) is 0 Å². The Morgan fingerprint density at radius 3 is 2.76 bits per heavy atom. The van der Waals surface area contributed by atoms with E-state index in [0.29, 0.717) is 15.9 Å². The number of amides is 1. The number of hydrogen-bond acceptors (Lipinski definition) is 4. The number of anilines is 1. The summed E-state index contributed by atoms with van der Waals surface area (Å²) in [5.74, 6) is -0.0627. The van der Waals surface area contributed by atoms with Crippen molar-refractivity contribution in [3.63, 3.8) is 0 Å². The molecule has 0 unspecified atom stereocenters. The fourth-order valence-electron chi connectivity index (χ4n) is 2.56. The second-order valence-electron chi connectivity index (χ2n) is 5.82. The van der Waals surface area contributed by atoms with E-state index in [9.17, 15) is 4.79 Å². The fraction of sp³-hybridized carbons (Fsp3) is 0.158. The van der Waals surface area contributed by atoms with Gasteiger partial charge in [0.2, 0.25) is 0 Å². The molecule has 1 aliphatic heterocycles. The van der Waals surface area contributed by atoms with Crippen molar-refractivity contribution in [1.29, 1.82) is 0 Å². The molecule has 0 radical (unpaired) electrons. The van der Waals surface area contributed by atoms with E-state index in [2.05, 4.69) is 34.2 Å². The standard InChI is InChI=1S/C19H17BrN2OS2/c1-12-6-7-16(13(2)8-12)21-11-22-18(23)17(25-19(22)24)10-14-4-3-5-15(20)9-14/h3-10,21H,11H2,1-2H3/b17-10-. The predicted molar refractivity (Wildman–Crippen MR) is 114 cm³/mol. The van der Waals surface area contributed by atoms with Crippen LogP contribution in [0.4, 0.5) is 5.69 Å². The van der Waals surface area contributed by atoms with Gasteiger partial charge in [0.1, 0.15) is 4.32 Å². The fourth-order valence-corrected chi connectivity index (χ4v) is 4.23. The Balaban J connectivity index is 1.73. The normalized spacial score (nSPS) is 16.0. The third-order valence-corrected chi connectivity index (χ3v) is 5.70. The number of benzene rings is 2. The van der Waals surface area contributed by atoms with Crippen molar-refractivity contribution in [3.05, 3.63) is 68.5 Å². The largest absolute Gasteiger partial charge is 0.367 e. The van der Waals surface area contributed by atoms with Crippen LogP contribution in [0, 0.1) is 13.8 Å². The van der Waals surface area contributed by atoms with Gasteiger partial charge in [0.05, 0.1) is 11.6 Å². The van der Waals surface area contributed by atoms with Crippen molar-refractivity contribution in [1.82, 2.24) is 4.90 Å². The summed E-state index contributed by atoms with van der Waals surface area (Å²) in [7, 11) is 0. The minimum atomic E-state index is -0.0627. The van der Waals surface area contributed by atoms with E-state index in [1.165, 1.54) is 17.3 Å². The van der Waals surface area contributed by atoms with E-state index in [0.717, 1.165) is 21.3 Å². The Kier molecular flexibility index (Phi) is 5.61. The number of aryl methyl sites for hydroxylation is 2. The maximum Gasteiger partial charge on any atom is 0.267 e. The SMILES string of the molecule is Cc1ccc(NCN2C(=O)/C(=C/c3cccc(Br)c3)SC2=S)c(C)c1. The molecule has 0 bridgehead atoms. The lowest BCUT2D eigenvalue weighted by molar-refractivity contribution is -0.121. The van der Waals surface area contributed by atoms with Crippen LogP contribution in [0.15, 0.2) is 51.8 Å². The highest BCUT2D eigenvalue weighted by molar-refractivity contribution is 9.10. The Hall–Kier alpha value is -1.63. The van der Waals surface area contributed by atoms with Crippen LogP contribution >= 0.6 is 39.9 Å². The van der Waals surface area contributed by atoms with E-state index in [1.54, 1.807) is 4.90 Å². The van der Waals surface area contributed by atoms with Crippen LogP contribution in [-0.4, -0.2) is 21.8 Å². The monoisotopic (exact) mass is 432 g/mol. The van der Waals surface area contributed by atoms with Crippen molar-refractivity contribution in [3.8, 4) is 0 Å².